The van der Waals surface area contributed by atoms with Gasteiger partial charge in [-0.25, -0.2) is 4.98 Å². The van der Waals surface area contributed by atoms with Crippen LogP contribution in [0.4, 0.5) is 5.69 Å². The molecule has 1 unspecified atom stereocenters. The Labute approximate surface area is 129 Å². The number of benzene rings is 1. The number of carbonyl (C=O) groups is 1. The molecule has 3 rings (SSSR count). The summed E-state index contributed by atoms with van der Waals surface area (Å²) in [5.41, 5.74) is 2.33. The van der Waals surface area contributed by atoms with Crippen LogP contribution in [0, 0.1) is 11.8 Å². The first-order valence-electron chi connectivity index (χ1n) is 7.08. The van der Waals surface area contributed by atoms with E-state index in [9.17, 15) is 4.79 Å². The van der Waals surface area contributed by atoms with Gasteiger partial charge in [-0.3, -0.25) is 4.79 Å². The fourth-order valence-corrected chi connectivity index (χ4v) is 2.34. The Morgan fingerprint density at radius 1 is 1.52 bits per heavy atom. The van der Waals surface area contributed by atoms with E-state index in [1.165, 1.54) is 0 Å². The Bertz CT molecular complexity index is 637. The van der Waals surface area contributed by atoms with Crippen LogP contribution in [0.5, 0.6) is 0 Å². The van der Waals surface area contributed by atoms with Crippen LogP contribution in [0.1, 0.15) is 19.7 Å². The van der Waals surface area contributed by atoms with Crippen LogP contribution in [0.2, 0.25) is 0 Å². The van der Waals surface area contributed by atoms with E-state index < -0.39 is 0 Å². The summed E-state index contributed by atoms with van der Waals surface area (Å²) in [6, 6.07) is 5.57. The molecule has 1 aromatic heterocycles. The molecule has 114 valence electrons. The average Bonchev–Trinajstić information content (AvgIpc) is 2.78. The lowest BCUT2D eigenvalue weighted by molar-refractivity contribution is -0.121. The predicted molar refractivity (Wildman–Crippen MR) is 84.8 cm³/mol. The number of nitrogens with one attached hydrogen (secondary N) is 2. The van der Waals surface area contributed by atoms with E-state index in [4.69, 9.17) is 4.42 Å². The maximum atomic E-state index is 12.2. The highest BCUT2D eigenvalue weighted by Gasteiger charge is 2.28. The molecule has 0 spiro atoms. The Hall–Kier alpha value is -1.59. The largest absolute Gasteiger partial charge is 0.441 e. The van der Waals surface area contributed by atoms with Gasteiger partial charge in [0.25, 0.3) is 0 Å². The minimum Gasteiger partial charge on any atom is -0.441 e. The molecule has 0 radical (unpaired) electrons. The topological polar surface area (TPSA) is 67.2 Å². The first kappa shape index (κ1) is 15.8. The van der Waals surface area contributed by atoms with Gasteiger partial charge in [-0.2, -0.15) is 0 Å². The Morgan fingerprint density at radius 2 is 2.29 bits per heavy atom. The summed E-state index contributed by atoms with van der Waals surface area (Å²) in [4.78, 5) is 16.5. The highest BCUT2D eigenvalue weighted by atomic mass is 35.5. The summed E-state index contributed by atoms with van der Waals surface area (Å²) in [5.74, 6) is 1.25. The van der Waals surface area contributed by atoms with E-state index >= 15 is 0 Å². The van der Waals surface area contributed by atoms with Crippen molar-refractivity contribution in [2.75, 3.05) is 18.4 Å². The fraction of sp³-hybridized carbons (Fsp3) is 0.467. The van der Waals surface area contributed by atoms with Crippen molar-refractivity contribution in [2.24, 2.45) is 11.8 Å². The summed E-state index contributed by atoms with van der Waals surface area (Å²) in [7, 11) is 0. The molecule has 1 fully saturated rings. The zero-order chi connectivity index (χ0) is 14.1. The van der Waals surface area contributed by atoms with Crippen LogP contribution >= 0.6 is 12.4 Å². The van der Waals surface area contributed by atoms with Crippen LogP contribution < -0.4 is 10.6 Å². The smallest absolute Gasteiger partial charge is 0.227 e. The van der Waals surface area contributed by atoms with E-state index in [1.807, 2.05) is 32.0 Å². The van der Waals surface area contributed by atoms with E-state index in [1.54, 1.807) is 0 Å². The first-order valence-corrected chi connectivity index (χ1v) is 7.08. The summed E-state index contributed by atoms with van der Waals surface area (Å²) < 4.78 is 5.56. The normalized spacial score (nSPS) is 16.1. The number of halogens is 1. The molecule has 0 saturated carbocycles. The van der Waals surface area contributed by atoms with Gasteiger partial charge >= 0.3 is 0 Å². The molecule has 2 N–H and O–H groups in total. The summed E-state index contributed by atoms with van der Waals surface area (Å²) in [6.07, 6.45) is 0.766. The van der Waals surface area contributed by atoms with Gasteiger partial charge in [0.2, 0.25) is 5.91 Å². The van der Waals surface area contributed by atoms with Crippen molar-refractivity contribution < 1.29 is 9.21 Å². The quantitative estimate of drug-likeness (QED) is 0.911. The monoisotopic (exact) mass is 309 g/mol. The van der Waals surface area contributed by atoms with Crippen LogP contribution in [0.15, 0.2) is 22.6 Å². The Morgan fingerprint density at radius 3 is 2.90 bits per heavy atom. The van der Waals surface area contributed by atoms with Gasteiger partial charge in [-0.1, -0.05) is 13.8 Å². The number of fused-ring (bicyclic) bond motifs is 1. The number of hydrogen-bond donors (Lipinski definition) is 2. The van der Waals surface area contributed by atoms with Gasteiger partial charge in [-0.05, 0) is 37.2 Å². The van der Waals surface area contributed by atoms with Crippen molar-refractivity contribution in [3.05, 3.63) is 24.1 Å². The molecule has 5 nitrogen and oxygen atoms in total. The number of aryl methyl sites for hydroxylation is 1. The molecule has 2 aromatic rings. The highest BCUT2D eigenvalue weighted by molar-refractivity contribution is 5.94. The minimum atomic E-state index is 0. The van der Waals surface area contributed by atoms with Gasteiger partial charge in [0, 0.05) is 18.0 Å². The lowest BCUT2D eigenvalue weighted by Crippen LogP contribution is -2.48. The molecule has 2 heterocycles. The molecular weight excluding hydrogens is 290 g/mol. The van der Waals surface area contributed by atoms with E-state index in [-0.39, 0.29) is 24.2 Å². The third-order valence-electron chi connectivity index (χ3n) is 3.94. The van der Waals surface area contributed by atoms with Gasteiger partial charge in [-0.15, -0.1) is 12.4 Å². The highest BCUT2D eigenvalue weighted by Crippen LogP contribution is 2.22. The second-order valence-electron chi connectivity index (χ2n) is 5.34. The molecule has 1 aromatic carbocycles. The minimum absolute atomic E-state index is 0. The molecule has 0 aliphatic carbocycles. The number of carbonyl (C=O) groups excluding carboxylic acids is 1. The molecule has 1 amide bonds. The number of aromatic nitrogens is 1. The third-order valence-corrected chi connectivity index (χ3v) is 3.94. The van der Waals surface area contributed by atoms with E-state index in [2.05, 4.69) is 15.6 Å². The first-order chi connectivity index (χ1) is 9.67. The zero-order valence-corrected chi connectivity index (χ0v) is 13.0. The molecule has 1 atom stereocenters. The van der Waals surface area contributed by atoms with Crippen LogP contribution in [0.3, 0.4) is 0 Å². The van der Waals surface area contributed by atoms with Gasteiger partial charge in [0.1, 0.15) is 5.52 Å². The molecule has 1 aliphatic rings. The zero-order valence-electron chi connectivity index (χ0n) is 12.2. The maximum absolute atomic E-state index is 12.2. The Balaban J connectivity index is 0.00000161. The third kappa shape index (κ3) is 3.19. The number of oxazole rings is 1. The SMILES string of the molecule is CCc1nc2cc(NC(=O)C(C)C3CNC3)ccc2o1.Cl. The van der Waals surface area contributed by atoms with Gasteiger partial charge in [0.15, 0.2) is 11.5 Å². The van der Waals surface area contributed by atoms with Crippen molar-refractivity contribution in [3.63, 3.8) is 0 Å². The van der Waals surface area contributed by atoms with Crippen LogP contribution in [-0.2, 0) is 11.2 Å². The molecule has 0 bridgehead atoms. The molecule has 1 aliphatic heterocycles. The molecule has 1 saturated heterocycles. The van der Waals surface area contributed by atoms with Crippen molar-refractivity contribution in [1.82, 2.24) is 10.3 Å². The van der Waals surface area contributed by atoms with Crippen LogP contribution in [-0.4, -0.2) is 24.0 Å². The van der Waals surface area contributed by atoms with E-state index in [0.29, 0.717) is 5.92 Å². The lowest BCUT2D eigenvalue weighted by Gasteiger charge is -2.31. The second kappa shape index (κ2) is 6.45. The Kier molecular flexibility index (Phi) is 4.85. The number of nitrogens with zero attached hydrogens (tertiary/aromatic N) is 1. The molecule has 21 heavy (non-hydrogen) atoms. The standard InChI is InChI=1S/C15H19N3O2.ClH/c1-3-14-18-12-6-11(4-5-13(12)20-14)17-15(19)9(2)10-7-16-8-10;/h4-6,9-10,16H,3,7-8H2,1-2H3,(H,17,19);1H. The molecule has 6 heteroatoms. The van der Waals surface area contributed by atoms with E-state index in [0.717, 1.165) is 42.2 Å². The summed E-state index contributed by atoms with van der Waals surface area (Å²) in [5, 5.41) is 6.15. The summed E-state index contributed by atoms with van der Waals surface area (Å²) in [6.45, 7) is 5.83. The predicted octanol–water partition coefficient (Wildman–Crippen LogP) is 2.61. The van der Waals surface area contributed by atoms with Crippen molar-refractivity contribution in [2.45, 2.75) is 20.3 Å². The van der Waals surface area contributed by atoms with Crippen molar-refractivity contribution in [1.29, 1.82) is 0 Å². The van der Waals surface area contributed by atoms with Crippen molar-refractivity contribution in [3.8, 4) is 0 Å². The maximum Gasteiger partial charge on any atom is 0.227 e. The lowest BCUT2D eigenvalue weighted by atomic mass is 9.88. The number of rotatable bonds is 4. The van der Waals surface area contributed by atoms with Gasteiger partial charge in [0.05, 0.1) is 0 Å². The number of hydrogen-bond acceptors (Lipinski definition) is 4. The van der Waals surface area contributed by atoms with Crippen molar-refractivity contribution >= 4 is 35.1 Å². The fourth-order valence-electron chi connectivity index (χ4n) is 2.34. The second-order valence-corrected chi connectivity index (χ2v) is 5.34. The molecular formula is C15H20ClN3O2. The summed E-state index contributed by atoms with van der Waals surface area (Å²) >= 11 is 0. The number of anilines is 1. The van der Waals surface area contributed by atoms with Crippen LogP contribution in [0.25, 0.3) is 11.1 Å². The number of amides is 1. The average molecular weight is 310 g/mol. The van der Waals surface area contributed by atoms with Gasteiger partial charge < -0.3 is 15.1 Å².